The van der Waals surface area contributed by atoms with Crippen LogP contribution < -0.4 is 5.32 Å². The number of halogens is 1. The second-order valence-electron chi connectivity index (χ2n) is 3.16. The molecule has 0 aromatic carbocycles. The summed E-state index contributed by atoms with van der Waals surface area (Å²) >= 11 is 3.35. The predicted octanol–water partition coefficient (Wildman–Crippen LogP) is 1.75. The van der Waals surface area contributed by atoms with E-state index in [-0.39, 0.29) is 0 Å². The largest absolute Gasteiger partial charge is 0.316 e. The summed E-state index contributed by atoms with van der Waals surface area (Å²) in [6, 6.07) is 3.99. The van der Waals surface area contributed by atoms with Gasteiger partial charge in [0.25, 0.3) is 0 Å². The molecule has 0 amide bonds. The zero-order valence-corrected chi connectivity index (χ0v) is 9.90. The normalized spacial score (nSPS) is 10.5. The molecule has 2 rings (SSSR count). The summed E-state index contributed by atoms with van der Waals surface area (Å²) < 4.78 is 2.68. The van der Waals surface area contributed by atoms with Gasteiger partial charge in [-0.15, -0.1) is 0 Å². The minimum Gasteiger partial charge on any atom is -0.316 e. The van der Waals surface area contributed by atoms with Crippen LogP contribution in [0.15, 0.2) is 35.2 Å². The van der Waals surface area contributed by atoms with Crippen LogP contribution in [0.25, 0.3) is 5.82 Å². The third-order valence-corrected chi connectivity index (χ3v) is 2.39. The maximum Gasteiger partial charge on any atom is 0.153 e. The first kappa shape index (κ1) is 10.3. The highest BCUT2D eigenvalue weighted by molar-refractivity contribution is 9.10. The van der Waals surface area contributed by atoms with E-state index < -0.39 is 0 Å². The van der Waals surface area contributed by atoms with Crippen molar-refractivity contribution in [3.63, 3.8) is 0 Å². The molecule has 0 saturated carbocycles. The van der Waals surface area contributed by atoms with Gasteiger partial charge in [0.2, 0.25) is 0 Å². The van der Waals surface area contributed by atoms with Gasteiger partial charge in [0.1, 0.15) is 0 Å². The Bertz CT molecular complexity index is 435. The Balaban J connectivity index is 2.23. The average Bonchev–Trinajstić information content (AvgIpc) is 2.67. The average molecular weight is 267 g/mol. The van der Waals surface area contributed by atoms with Gasteiger partial charge in [-0.05, 0) is 34.6 Å². The fraction of sp³-hybridized carbons (Fsp3) is 0.200. The fourth-order valence-corrected chi connectivity index (χ4v) is 1.57. The van der Waals surface area contributed by atoms with Gasteiger partial charge in [-0.25, -0.2) is 9.67 Å². The number of aromatic nitrogens is 3. The van der Waals surface area contributed by atoms with Gasteiger partial charge in [0.05, 0.1) is 10.7 Å². The van der Waals surface area contributed by atoms with Crippen LogP contribution in [0.1, 0.15) is 5.56 Å². The van der Waals surface area contributed by atoms with Crippen LogP contribution in [0.5, 0.6) is 0 Å². The SMILES string of the molecule is CNCc1ccc(-n2cc(Br)cn2)nc1. The Hall–Kier alpha value is -1.20. The second kappa shape index (κ2) is 4.55. The van der Waals surface area contributed by atoms with E-state index in [9.17, 15) is 0 Å². The van der Waals surface area contributed by atoms with E-state index in [0.717, 1.165) is 22.4 Å². The Labute approximate surface area is 96.5 Å². The second-order valence-corrected chi connectivity index (χ2v) is 4.07. The maximum atomic E-state index is 4.32. The van der Waals surface area contributed by atoms with Crippen molar-refractivity contribution in [3.8, 4) is 5.82 Å². The lowest BCUT2D eigenvalue weighted by atomic mass is 10.3. The molecular formula is C10H11BrN4. The van der Waals surface area contributed by atoms with Gasteiger partial charge in [0.15, 0.2) is 5.82 Å². The minimum absolute atomic E-state index is 0.820. The molecule has 0 spiro atoms. The van der Waals surface area contributed by atoms with Crippen molar-refractivity contribution in [2.45, 2.75) is 6.54 Å². The van der Waals surface area contributed by atoms with E-state index in [4.69, 9.17) is 0 Å². The lowest BCUT2D eigenvalue weighted by Gasteiger charge is -2.02. The number of hydrogen-bond acceptors (Lipinski definition) is 3. The van der Waals surface area contributed by atoms with Crippen LogP contribution in [0.4, 0.5) is 0 Å². The lowest BCUT2D eigenvalue weighted by Crippen LogP contribution is -2.06. The summed E-state index contributed by atoms with van der Waals surface area (Å²) in [5.74, 6) is 0.820. The van der Waals surface area contributed by atoms with Crippen LogP contribution in [0.3, 0.4) is 0 Å². The molecule has 4 nitrogen and oxygen atoms in total. The summed E-state index contributed by atoms with van der Waals surface area (Å²) in [5, 5.41) is 7.23. The first-order valence-corrected chi connectivity index (χ1v) is 5.39. The van der Waals surface area contributed by atoms with E-state index in [2.05, 4.69) is 31.3 Å². The third-order valence-electron chi connectivity index (χ3n) is 1.98. The molecule has 0 aliphatic heterocycles. The van der Waals surface area contributed by atoms with Crippen molar-refractivity contribution in [1.29, 1.82) is 0 Å². The van der Waals surface area contributed by atoms with Gasteiger partial charge < -0.3 is 5.32 Å². The molecule has 0 saturated heterocycles. The maximum absolute atomic E-state index is 4.32. The first-order chi connectivity index (χ1) is 7.29. The fourth-order valence-electron chi connectivity index (χ4n) is 1.29. The molecule has 2 aromatic rings. The zero-order chi connectivity index (χ0) is 10.7. The van der Waals surface area contributed by atoms with E-state index in [1.165, 1.54) is 0 Å². The van der Waals surface area contributed by atoms with Gasteiger partial charge in [-0.1, -0.05) is 6.07 Å². The lowest BCUT2D eigenvalue weighted by molar-refractivity contribution is 0.801. The van der Waals surface area contributed by atoms with E-state index in [1.807, 2.05) is 31.6 Å². The Kier molecular flexibility index (Phi) is 3.13. The van der Waals surface area contributed by atoms with Crippen molar-refractivity contribution < 1.29 is 0 Å². The van der Waals surface area contributed by atoms with E-state index in [0.29, 0.717) is 0 Å². The first-order valence-electron chi connectivity index (χ1n) is 4.59. The van der Waals surface area contributed by atoms with Crippen LogP contribution >= 0.6 is 15.9 Å². The van der Waals surface area contributed by atoms with Gasteiger partial charge in [0, 0.05) is 18.9 Å². The molecule has 0 fully saturated rings. The molecule has 2 aromatic heterocycles. The quantitative estimate of drug-likeness (QED) is 0.921. The highest BCUT2D eigenvalue weighted by Crippen LogP contribution is 2.10. The monoisotopic (exact) mass is 266 g/mol. The number of hydrogen-bond donors (Lipinski definition) is 1. The molecule has 2 heterocycles. The molecular weight excluding hydrogens is 256 g/mol. The van der Waals surface area contributed by atoms with Crippen LogP contribution in [0, 0.1) is 0 Å². The molecule has 5 heteroatoms. The van der Waals surface area contributed by atoms with E-state index >= 15 is 0 Å². The number of nitrogens with zero attached hydrogens (tertiary/aromatic N) is 3. The zero-order valence-electron chi connectivity index (χ0n) is 8.31. The molecule has 78 valence electrons. The number of rotatable bonds is 3. The van der Waals surface area contributed by atoms with Crippen LogP contribution in [0.2, 0.25) is 0 Å². The van der Waals surface area contributed by atoms with Crippen molar-refractivity contribution in [3.05, 3.63) is 40.8 Å². The summed E-state index contributed by atoms with van der Waals surface area (Å²) in [4.78, 5) is 4.32. The van der Waals surface area contributed by atoms with Crippen LogP contribution in [-0.4, -0.2) is 21.8 Å². The van der Waals surface area contributed by atoms with Gasteiger partial charge >= 0.3 is 0 Å². The minimum atomic E-state index is 0.820. The number of nitrogens with one attached hydrogen (secondary N) is 1. The molecule has 0 aliphatic carbocycles. The highest BCUT2D eigenvalue weighted by atomic mass is 79.9. The van der Waals surface area contributed by atoms with Crippen molar-refractivity contribution in [1.82, 2.24) is 20.1 Å². The standard InChI is InChI=1S/C10H11BrN4/c1-12-4-8-2-3-10(13-5-8)15-7-9(11)6-14-15/h2-3,5-7,12H,4H2,1H3. The smallest absolute Gasteiger partial charge is 0.153 e. The molecule has 0 aliphatic rings. The predicted molar refractivity (Wildman–Crippen MR) is 61.8 cm³/mol. The molecule has 0 atom stereocenters. The highest BCUT2D eigenvalue weighted by Gasteiger charge is 1.99. The van der Waals surface area contributed by atoms with Crippen molar-refractivity contribution in [2.24, 2.45) is 0 Å². The summed E-state index contributed by atoms with van der Waals surface area (Å²) in [5.41, 5.74) is 1.16. The Morgan fingerprint density at radius 1 is 1.40 bits per heavy atom. The van der Waals surface area contributed by atoms with Gasteiger partial charge in [-0.3, -0.25) is 0 Å². The van der Waals surface area contributed by atoms with Crippen molar-refractivity contribution in [2.75, 3.05) is 7.05 Å². The summed E-state index contributed by atoms with van der Waals surface area (Å²) in [7, 11) is 1.92. The molecule has 0 unspecified atom stereocenters. The Morgan fingerprint density at radius 2 is 2.27 bits per heavy atom. The summed E-state index contributed by atoms with van der Waals surface area (Å²) in [6.45, 7) is 0.829. The van der Waals surface area contributed by atoms with Crippen LogP contribution in [-0.2, 0) is 6.54 Å². The van der Waals surface area contributed by atoms with Crippen molar-refractivity contribution >= 4 is 15.9 Å². The van der Waals surface area contributed by atoms with E-state index in [1.54, 1.807) is 10.9 Å². The topological polar surface area (TPSA) is 42.7 Å². The molecule has 0 radical (unpaired) electrons. The Morgan fingerprint density at radius 3 is 2.80 bits per heavy atom. The summed E-state index contributed by atoms with van der Waals surface area (Å²) in [6.07, 6.45) is 5.46. The number of pyridine rings is 1. The molecule has 1 N–H and O–H groups in total. The van der Waals surface area contributed by atoms with Gasteiger partial charge in [-0.2, -0.15) is 5.10 Å². The third kappa shape index (κ3) is 2.43. The molecule has 0 bridgehead atoms. The molecule has 15 heavy (non-hydrogen) atoms.